The Hall–Kier alpha value is -1.20. The van der Waals surface area contributed by atoms with E-state index in [9.17, 15) is 9.59 Å². The molecule has 138 valence electrons. The zero-order chi connectivity index (χ0) is 18.2. The monoisotopic (exact) mass is 382 g/mol. The topological polar surface area (TPSA) is 49.4 Å². The van der Waals surface area contributed by atoms with Crippen LogP contribution in [0, 0.1) is 5.92 Å². The first-order valence-electron chi connectivity index (χ1n) is 8.90. The predicted octanol–water partition coefficient (Wildman–Crippen LogP) is 3.84. The summed E-state index contributed by atoms with van der Waals surface area (Å²) in [5.41, 5.74) is 0.413. The van der Waals surface area contributed by atoms with Gasteiger partial charge in [0.25, 0.3) is 5.91 Å². The van der Waals surface area contributed by atoms with Crippen LogP contribution < -0.4 is 5.32 Å². The van der Waals surface area contributed by atoms with Crippen molar-refractivity contribution in [2.24, 2.45) is 5.92 Å². The molecule has 0 aliphatic carbocycles. The second kappa shape index (κ2) is 10.1. The summed E-state index contributed by atoms with van der Waals surface area (Å²) in [5, 5.41) is 3.31. The summed E-state index contributed by atoms with van der Waals surface area (Å²) >= 11 is 7.79. The summed E-state index contributed by atoms with van der Waals surface area (Å²) in [5.74, 6) is 1.14. The van der Waals surface area contributed by atoms with Gasteiger partial charge in [-0.05, 0) is 49.3 Å². The lowest BCUT2D eigenvalue weighted by atomic mass is 9.95. The van der Waals surface area contributed by atoms with Crippen molar-refractivity contribution < 1.29 is 9.59 Å². The summed E-state index contributed by atoms with van der Waals surface area (Å²) in [7, 11) is 0. The Labute approximate surface area is 159 Å². The van der Waals surface area contributed by atoms with Crippen molar-refractivity contribution in [3.63, 3.8) is 0 Å². The molecule has 0 saturated carbocycles. The Morgan fingerprint density at radius 3 is 2.84 bits per heavy atom. The van der Waals surface area contributed by atoms with Crippen LogP contribution >= 0.6 is 23.4 Å². The standard InChI is InChI=1S/C19H27ClN2O2S/c1-3-14-7-6-11-22(13-14)19(24)17(10-12-25-2)21-18(23)15-8-4-5-9-16(15)20/h4-5,8-9,14,17H,3,6-7,10-13H2,1-2H3,(H,21,23). The number of hydrogen-bond donors (Lipinski definition) is 1. The number of halogens is 1. The number of hydrogen-bond acceptors (Lipinski definition) is 3. The summed E-state index contributed by atoms with van der Waals surface area (Å²) in [4.78, 5) is 27.5. The molecule has 0 aromatic heterocycles. The van der Waals surface area contributed by atoms with Crippen LogP contribution in [0.4, 0.5) is 0 Å². The Balaban J connectivity index is 2.08. The highest BCUT2D eigenvalue weighted by Gasteiger charge is 2.29. The maximum Gasteiger partial charge on any atom is 0.253 e. The molecule has 2 amide bonds. The Kier molecular flexibility index (Phi) is 8.10. The number of nitrogens with one attached hydrogen (secondary N) is 1. The van der Waals surface area contributed by atoms with Gasteiger partial charge in [-0.25, -0.2) is 0 Å². The maximum absolute atomic E-state index is 13.0. The molecule has 0 spiro atoms. The van der Waals surface area contributed by atoms with E-state index in [1.807, 2.05) is 11.2 Å². The molecule has 2 unspecified atom stereocenters. The van der Waals surface area contributed by atoms with Crippen molar-refractivity contribution in [3.05, 3.63) is 34.9 Å². The zero-order valence-electron chi connectivity index (χ0n) is 15.0. The average molecular weight is 383 g/mol. The number of rotatable bonds is 7. The highest BCUT2D eigenvalue weighted by atomic mass is 35.5. The van der Waals surface area contributed by atoms with Crippen molar-refractivity contribution in [2.45, 2.75) is 38.6 Å². The molecule has 0 bridgehead atoms. The van der Waals surface area contributed by atoms with Gasteiger partial charge in [0.15, 0.2) is 0 Å². The molecule has 1 saturated heterocycles. The van der Waals surface area contributed by atoms with Gasteiger partial charge in [-0.15, -0.1) is 0 Å². The molecule has 0 radical (unpaired) electrons. The van der Waals surface area contributed by atoms with E-state index in [1.54, 1.807) is 36.0 Å². The van der Waals surface area contributed by atoms with Crippen molar-refractivity contribution in [1.29, 1.82) is 0 Å². The fraction of sp³-hybridized carbons (Fsp3) is 0.579. The molecule has 25 heavy (non-hydrogen) atoms. The summed E-state index contributed by atoms with van der Waals surface area (Å²) in [6.07, 6.45) is 5.94. The van der Waals surface area contributed by atoms with Crippen LogP contribution in [-0.2, 0) is 4.79 Å². The largest absolute Gasteiger partial charge is 0.341 e. The number of carbonyl (C=O) groups is 2. The third-order valence-electron chi connectivity index (χ3n) is 4.74. The minimum absolute atomic E-state index is 0.0348. The third-order valence-corrected chi connectivity index (χ3v) is 5.71. The van der Waals surface area contributed by atoms with E-state index in [-0.39, 0.29) is 11.8 Å². The quantitative estimate of drug-likeness (QED) is 0.779. The van der Waals surface area contributed by atoms with Crippen LogP contribution in [0.1, 0.15) is 43.0 Å². The van der Waals surface area contributed by atoms with Gasteiger partial charge >= 0.3 is 0 Å². The minimum Gasteiger partial charge on any atom is -0.341 e. The lowest BCUT2D eigenvalue weighted by Gasteiger charge is -2.35. The fourth-order valence-electron chi connectivity index (χ4n) is 3.19. The van der Waals surface area contributed by atoms with Crippen LogP contribution in [0.5, 0.6) is 0 Å². The number of benzene rings is 1. The molecule has 2 rings (SSSR count). The molecule has 2 atom stereocenters. The summed E-state index contributed by atoms with van der Waals surface area (Å²) < 4.78 is 0. The highest BCUT2D eigenvalue weighted by Crippen LogP contribution is 2.21. The number of likely N-dealkylation sites (tertiary alicyclic amines) is 1. The first kappa shape index (κ1) is 20.1. The van der Waals surface area contributed by atoms with Crippen molar-refractivity contribution in [3.8, 4) is 0 Å². The number of carbonyl (C=O) groups excluding carboxylic acids is 2. The van der Waals surface area contributed by atoms with Gasteiger partial charge in [0.1, 0.15) is 6.04 Å². The highest BCUT2D eigenvalue weighted by molar-refractivity contribution is 7.98. The first-order valence-corrected chi connectivity index (χ1v) is 10.7. The normalized spacial score (nSPS) is 18.7. The molecule has 1 heterocycles. The van der Waals surface area contributed by atoms with E-state index in [0.717, 1.165) is 31.7 Å². The van der Waals surface area contributed by atoms with Gasteiger partial charge in [0, 0.05) is 13.1 Å². The van der Waals surface area contributed by atoms with Crippen LogP contribution in [0.25, 0.3) is 0 Å². The van der Waals surface area contributed by atoms with Crippen molar-refractivity contribution >= 4 is 35.2 Å². The Morgan fingerprint density at radius 1 is 1.40 bits per heavy atom. The first-order chi connectivity index (χ1) is 12.1. The van der Waals surface area contributed by atoms with E-state index >= 15 is 0 Å². The van der Waals surface area contributed by atoms with Crippen molar-refractivity contribution in [1.82, 2.24) is 10.2 Å². The molecule has 6 heteroatoms. The van der Waals surface area contributed by atoms with Crippen LogP contribution in [0.2, 0.25) is 5.02 Å². The molecule has 1 fully saturated rings. The van der Waals surface area contributed by atoms with Gasteiger partial charge < -0.3 is 10.2 Å². The summed E-state index contributed by atoms with van der Waals surface area (Å²) in [6, 6.07) is 6.43. The summed E-state index contributed by atoms with van der Waals surface area (Å²) in [6.45, 7) is 3.75. The molecule has 1 N–H and O–H groups in total. The van der Waals surface area contributed by atoms with Gasteiger partial charge in [0.2, 0.25) is 5.91 Å². The Morgan fingerprint density at radius 2 is 2.16 bits per heavy atom. The Bertz CT molecular complexity index is 597. The average Bonchev–Trinajstić information content (AvgIpc) is 2.64. The molecule has 1 aliphatic rings. The predicted molar refractivity (Wildman–Crippen MR) is 105 cm³/mol. The second-order valence-corrected chi connectivity index (χ2v) is 7.88. The van der Waals surface area contributed by atoms with Gasteiger partial charge in [-0.1, -0.05) is 37.1 Å². The third kappa shape index (κ3) is 5.65. The van der Waals surface area contributed by atoms with Crippen LogP contribution in [0.15, 0.2) is 24.3 Å². The number of nitrogens with zero attached hydrogens (tertiary/aromatic N) is 1. The van der Waals surface area contributed by atoms with Crippen molar-refractivity contribution in [2.75, 3.05) is 25.1 Å². The smallest absolute Gasteiger partial charge is 0.253 e. The molecule has 1 aromatic rings. The minimum atomic E-state index is -0.494. The molecular weight excluding hydrogens is 356 g/mol. The fourth-order valence-corrected chi connectivity index (χ4v) is 3.89. The molecular formula is C19H27ClN2O2S. The van der Waals surface area contributed by atoms with Crippen LogP contribution in [-0.4, -0.2) is 47.9 Å². The SMILES string of the molecule is CCC1CCCN(C(=O)C(CCSC)NC(=O)c2ccccc2Cl)C1. The van der Waals surface area contributed by atoms with E-state index in [4.69, 9.17) is 11.6 Å². The number of thioether (sulfide) groups is 1. The number of amides is 2. The number of piperidine rings is 1. The lowest BCUT2D eigenvalue weighted by molar-refractivity contribution is -0.135. The van der Waals surface area contributed by atoms with E-state index in [0.29, 0.717) is 22.9 Å². The molecule has 1 aromatic carbocycles. The van der Waals surface area contributed by atoms with Gasteiger partial charge in [-0.3, -0.25) is 9.59 Å². The van der Waals surface area contributed by atoms with Gasteiger partial charge in [0.05, 0.1) is 10.6 Å². The maximum atomic E-state index is 13.0. The van der Waals surface area contributed by atoms with E-state index in [1.165, 1.54) is 6.42 Å². The zero-order valence-corrected chi connectivity index (χ0v) is 16.5. The van der Waals surface area contributed by atoms with E-state index in [2.05, 4.69) is 12.2 Å². The van der Waals surface area contributed by atoms with Gasteiger partial charge in [-0.2, -0.15) is 11.8 Å². The van der Waals surface area contributed by atoms with E-state index < -0.39 is 6.04 Å². The molecule has 4 nitrogen and oxygen atoms in total. The molecule has 1 aliphatic heterocycles. The lowest BCUT2D eigenvalue weighted by Crippen LogP contribution is -2.51. The second-order valence-electron chi connectivity index (χ2n) is 6.49. The van der Waals surface area contributed by atoms with Crippen LogP contribution in [0.3, 0.4) is 0 Å².